The molecule has 8 heteroatoms. The van der Waals surface area contributed by atoms with Gasteiger partial charge >= 0.3 is 0 Å². The van der Waals surface area contributed by atoms with Gasteiger partial charge in [-0.1, -0.05) is 12.2 Å². The van der Waals surface area contributed by atoms with Gasteiger partial charge in [0.05, 0.1) is 10.3 Å². The van der Waals surface area contributed by atoms with Crippen LogP contribution >= 0.6 is 12.2 Å². The maximum atomic E-state index is 11.6. The Hall–Kier alpha value is -1.28. The molecule has 3 N–H and O–H groups in total. The minimum atomic E-state index is -3.18. The van der Waals surface area contributed by atoms with Gasteiger partial charge in [0.2, 0.25) is 0 Å². The zero-order valence-electron chi connectivity index (χ0n) is 10.5. The van der Waals surface area contributed by atoms with Gasteiger partial charge < -0.3 is 11.1 Å². The van der Waals surface area contributed by atoms with Gasteiger partial charge in [-0.3, -0.25) is 0 Å². The molecule has 0 aromatic carbocycles. The molecule has 0 atom stereocenters. The standard InChI is InChI=1S/C10H16N4O2S2/c1-10(2,18(3,15)16)5-13-9-7(8(11)17)4-12-6-14-9/h4,6H,5H2,1-3H3,(H2,11,17)(H,12,13,14). The lowest BCUT2D eigenvalue weighted by molar-refractivity contribution is 0.559. The summed E-state index contributed by atoms with van der Waals surface area (Å²) < 4.78 is 22.2. The largest absolute Gasteiger partial charge is 0.389 e. The van der Waals surface area contributed by atoms with E-state index in [0.717, 1.165) is 0 Å². The quantitative estimate of drug-likeness (QED) is 0.754. The molecule has 0 fully saturated rings. The molecule has 0 amide bonds. The lowest BCUT2D eigenvalue weighted by Gasteiger charge is -2.23. The summed E-state index contributed by atoms with van der Waals surface area (Å²) >= 11 is 4.87. The summed E-state index contributed by atoms with van der Waals surface area (Å²) in [5.41, 5.74) is 6.03. The van der Waals surface area contributed by atoms with E-state index in [4.69, 9.17) is 18.0 Å². The van der Waals surface area contributed by atoms with Crippen molar-refractivity contribution < 1.29 is 8.42 Å². The van der Waals surface area contributed by atoms with E-state index in [1.807, 2.05) is 0 Å². The van der Waals surface area contributed by atoms with Crippen LogP contribution in [0, 0.1) is 0 Å². The number of thiocarbonyl (C=S) groups is 1. The summed E-state index contributed by atoms with van der Waals surface area (Å²) in [4.78, 5) is 7.99. The smallest absolute Gasteiger partial charge is 0.154 e. The number of nitrogens with zero attached hydrogens (tertiary/aromatic N) is 2. The van der Waals surface area contributed by atoms with E-state index < -0.39 is 14.6 Å². The number of sulfone groups is 1. The first-order valence-corrected chi connectivity index (χ1v) is 7.48. The van der Waals surface area contributed by atoms with Gasteiger partial charge in [0.1, 0.15) is 17.1 Å². The van der Waals surface area contributed by atoms with Crippen LogP contribution < -0.4 is 11.1 Å². The first kappa shape index (κ1) is 14.8. The summed E-state index contributed by atoms with van der Waals surface area (Å²) in [7, 11) is -3.18. The molecule has 100 valence electrons. The van der Waals surface area contributed by atoms with E-state index in [-0.39, 0.29) is 11.5 Å². The minimum absolute atomic E-state index is 0.162. The predicted octanol–water partition coefficient (Wildman–Crippen LogP) is 0.346. The molecule has 1 rings (SSSR count). The van der Waals surface area contributed by atoms with Crippen molar-refractivity contribution in [1.82, 2.24) is 9.97 Å². The zero-order chi connectivity index (χ0) is 14.0. The summed E-state index contributed by atoms with van der Waals surface area (Å²) in [6, 6.07) is 0. The van der Waals surface area contributed by atoms with Gasteiger partial charge in [0.25, 0.3) is 0 Å². The van der Waals surface area contributed by atoms with Crippen molar-refractivity contribution in [3.05, 3.63) is 18.1 Å². The number of hydrogen-bond acceptors (Lipinski definition) is 6. The van der Waals surface area contributed by atoms with E-state index in [2.05, 4.69) is 15.3 Å². The lowest BCUT2D eigenvalue weighted by Crippen LogP contribution is -2.38. The average Bonchev–Trinajstić information content (AvgIpc) is 2.25. The number of nitrogens with two attached hydrogens (primary N) is 1. The molecule has 0 aliphatic rings. The molecule has 6 nitrogen and oxygen atoms in total. The van der Waals surface area contributed by atoms with Crippen LogP contribution in [-0.2, 0) is 9.84 Å². The third-order valence-electron chi connectivity index (χ3n) is 2.66. The third kappa shape index (κ3) is 3.36. The maximum Gasteiger partial charge on any atom is 0.154 e. The molecule has 0 aliphatic heterocycles. The zero-order valence-corrected chi connectivity index (χ0v) is 12.1. The maximum absolute atomic E-state index is 11.6. The van der Waals surface area contributed by atoms with Crippen molar-refractivity contribution in [1.29, 1.82) is 0 Å². The first-order valence-electron chi connectivity index (χ1n) is 5.18. The first-order chi connectivity index (χ1) is 8.15. The fourth-order valence-electron chi connectivity index (χ4n) is 1.08. The van der Waals surface area contributed by atoms with Gasteiger partial charge in [-0.25, -0.2) is 18.4 Å². The Balaban J connectivity index is 2.91. The van der Waals surface area contributed by atoms with Crippen LogP contribution in [0.15, 0.2) is 12.5 Å². The molecular formula is C10H16N4O2S2. The molecule has 0 radical (unpaired) electrons. The Kier molecular flexibility index (Phi) is 4.23. The van der Waals surface area contributed by atoms with E-state index in [1.54, 1.807) is 13.8 Å². The average molecular weight is 288 g/mol. The Morgan fingerprint density at radius 1 is 1.56 bits per heavy atom. The molecule has 0 unspecified atom stereocenters. The highest BCUT2D eigenvalue weighted by Crippen LogP contribution is 2.17. The minimum Gasteiger partial charge on any atom is -0.389 e. The molecule has 1 heterocycles. The highest BCUT2D eigenvalue weighted by Gasteiger charge is 2.30. The van der Waals surface area contributed by atoms with E-state index >= 15 is 0 Å². The SMILES string of the molecule is CC(C)(CNc1ncncc1C(N)=S)S(C)(=O)=O. The van der Waals surface area contributed by atoms with Crippen molar-refractivity contribution in [2.75, 3.05) is 18.1 Å². The van der Waals surface area contributed by atoms with Crippen LogP contribution in [0.5, 0.6) is 0 Å². The van der Waals surface area contributed by atoms with Crippen LogP contribution in [0.2, 0.25) is 0 Å². The van der Waals surface area contributed by atoms with Crippen LogP contribution in [0.25, 0.3) is 0 Å². The lowest BCUT2D eigenvalue weighted by atomic mass is 10.2. The van der Waals surface area contributed by atoms with Crippen molar-refractivity contribution in [3.8, 4) is 0 Å². The highest BCUT2D eigenvalue weighted by atomic mass is 32.2. The van der Waals surface area contributed by atoms with Gasteiger partial charge in [-0.2, -0.15) is 0 Å². The van der Waals surface area contributed by atoms with Crippen molar-refractivity contribution >= 4 is 32.9 Å². The number of anilines is 1. The van der Waals surface area contributed by atoms with E-state index in [9.17, 15) is 8.42 Å². The molecule has 1 aromatic rings. The molecule has 0 aliphatic carbocycles. The molecule has 0 saturated heterocycles. The molecule has 18 heavy (non-hydrogen) atoms. The van der Waals surface area contributed by atoms with Gasteiger partial charge in [-0.05, 0) is 13.8 Å². The molecule has 0 bridgehead atoms. The Morgan fingerprint density at radius 2 is 2.17 bits per heavy atom. The monoisotopic (exact) mass is 288 g/mol. The summed E-state index contributed by atoms with van der Waals surface area (Å²) in [5, 5.41) is 2.94. The number of rotatable bonds is 5. The molecule has 0 spiro atoms. The summed E-state index contributed by atoms with van der Waals surface area (Å²) in [6.45, 7) is 3.48. The molecule has 1 aromatic heterocycles. The fourth-order valence-corrected chi connectivity index (χ4v) is 1.56. The third-order valence-corrected chi connectivity index (χ3v) is 5.03. The Labute approximate surface area is 112 Å². The van der Waals surface area contributed by atoms with Crippen LogP contribution in [0.3, 0.4) is 0 Å². The normalized spacial score (nSPS) is 12.2. The number of nitrogens with one attached hydrogen (secondary N) is 1. The van der Waals surface area contributed by atoms with Gasteiger partial charge in [0.15, 0.2) is 9.84 Å². The van der Waals surface area contributed by atoms with Crippen LogP contribution in [-0.4, -0.2) is 40.9 Å². The second-order valence-electron chi connectivity index (χ2n) is 4.53. The number of aromatic nitrogens is 2. The van der Waals surface area contributed by atoms with Crippen molar-refractivity contribution in [3.63, 3.8) is 0 Å². The van der Waals surface area contributed by atoms with E-state index in [0.29, 0.717) is 11.4 Å². The fraction of sp³-hybridized carbons (Fsp3) is 0.500. The number of hydrogen-bond donors (Lipinski definition) is 2. The Morgan fingerprint density at radius 3 is 2.67 bits per heavy atom. The topological polar surface area (TPSA) is 98.0 Å². The second kappa shape index (κ2) is 5.15. The highest BCUT2D eigenvalue weighted by molar-refractivity contribution is 7.92. The van der Waals surface area contributed by atoms with Crippen molar-refractivity contribution in [2.24, 2.45) is 5.73 Å². The van der Waals surface area contributed by atoms with Crippen molar-refractivity contribution in [2.45, 2.75) is 18.6 Å². The Bertz CT molecular complexity index is 555. The van der Waals surface area contributed by atoms with Gasteiger partial charge in [0, 0.05) is 19.0 Å². The summed E-state index contributed by atoms with van der Waals surface area (Å²) in [6.07, 6.45) is 4.03. The second-order valence-corrected chi connectivity index (χ2v) is 7.62. The van der Waals surface area contributed by atoms with E-state index in [1.165, 1.54) is 18.8 Å². The van der Waals surface area contributed by atoms with Crippen LogP contribution in [0.4, 0.5) is 5.82 Å². The van der Waals surface area contributed by atoms with Crippen LogP contribution in [0.1, 0.15) is 19.4 Å². The predicted molar refractivity (Wildman–Crippen MR) is 75.3 cm³/mol. The van der Waals surface area contributed by atoms with Gasteiger partial charge in [-0.15, -0.1) is 0 Å². The molecule has 0 saturated carbocycles. The molecular weight excluding hydrogens is 272 g/mol. The summed E-state index contributed by atoms with van der Waals surface area (Å²) in [5.74, 6) is 0.439.